The van der Waals surface area contributed by atoms with Gasteiger partial charge in [0.15, 0.2) is 0 Å². The van der Waals surface area contributed by atoms with Crippen molar-refractivity contribution in [3.8, 4) is 0 Å². The van der Waals surface area contributed by atoms with Crippen molar-refractivity contribution in [3.63, 3.8) is 0 Å². The Kier molecular flexibility index (Phi) is 7.80. The molecule has 1 aromatic rings. The second-order valence-corrected chi connectivity index (χ2v) is 9.59. The molecule has 1 atom stereocenters. The van der Waals surface area contributed by atoms with Crippen LogP contribution in [0, 0.1) is 11.8 Å². The van der Waals surface area contributed by atoms with Gasteiger partial charge in [-0.2, -0.15) is 0 Å². The van der Waals surface area contributed by atoms with Crippen molar-refractivity contribution in [2.24, 2.45) is 11.8 Å². The molecule has 1 aromatic carbocycles. The number of nitrogens with zero attached hydrogens (tertiary/aromatic N) is 3. The van der Waals surface area contributed by atoms with Crippen molar-refractivity contribution in [2.45, 2.75) is 51.0 Å². The van der Waals surface area contributed by atoms with Crippen LogP contribution < -0.4 is 0 Å². The van der Waals surface area contributed by atoms with Crippen molar-refractivity contribution in [1.82, 2.24) is 14.7 Å². The summed E-state index contributed by atoms with van der Waals surface area (Å²) in [5.41, 5.74) is 1.43. The minimum atomic E-state index is 0.181. The molecule has 3 heterocycles. The van der Waals surface area contributed by atoms with Crippen LogP contribution in [-0.2, 0) is 11.2 Å². The Morgan fingerprint density at radius 3 is 2.37 bits per heavy atom. The number of piperidine rings is 3. The molecule has 0 saturated carbocycles. The van der Waals surface area contributed by atoms with Gasteiger partial charge in [-0.3, -0.25) is 9.69 Å². The fourth-order valence-corrected chi connectivity index (χ4v) is 5.57. The number of aliphatic hydroxyl groups is 1. The zero-order valence-corrected chi connectivity index (χ0v) is 18.4. The second kappa shape index (κ2) is 10.7. The Morgan fingerprint density at radius 2 is 1.67 bits per heavy atom. The fourth-order valence-electron chi connectivity index (χ4n) is 5.57. The number of likely N-dealkylation sites (tertiary alicyclic amines) is 3. The molecule has 0 unspecified atom stereocenters. The normalized spacial score (nSPS) is 25.5. The van der Waals surface area contributed by atoms with E-state index in [0.29, 0.717) is 17.9 Å². The molecule has 166 valence electrons. The van der Waals surface area contributed by atoms with E-state index < -0.39 is 0 Å². The van der Waals surface area contributed by atoms with Gasteiger partial charge >= 0.3 is 0 Å². The van der Waals surface area contributed by atoms with E-state index in [1.54, 1.807) is 0 Å². The molecule has 3 aliphatic heterocycles. The van der Waals surface area contributed by atoms with E-state index in [1.807, 2.05) is 0 Å². The number of rotatable bonds is 6. The average Bonchev–Trinajstić information content (AvgIpc) is 2.83. The highest BCUT2D eigenvalue weighted by molar-refractivity contribution is 5.79. The number of carbonyl (C=O) groups excluding carboxylic acids is 1. The zero-order chi connectivity index (χ0) is 20.8. The molecule has 1 amide bonds. The topological polar surface area (TPSA) is 47.0 Å². The molecule has 0 spiro atoms. The van der Waals surface area contributed by atoms with Gasteiger partial charge < -0.3 is 14.9 Å². The van der Waals surface area contributed by atoms with Gasteiger partial charge in [-0.05, 0) is 76.1 Å². The average molecular weight is 414 g/mol. The minimum absolute atomic E-state index is 0.181. The molecule has 0 aromatic heterocycles. The van der Waals surface area contributed by atoms with E-state index in [2.05, 4.69) is 45.0 Å². The van der Waals surface area contributed by atoms with E-state index in [4.69, 9.17) is 0 Å². The fraction of sp³-hybridized carbons (Fsp3) is 0.720. The molecule has 5 heteroatoms. The summed E-state index contributed by atoms with van der Waals surface area (Å²) in [7, 11) is 0. The van der Waals surface area contributed by atoms with Gasteiger partial charge in [0.05, 0.1) is 5.92 Å². The molecule has 1 N–H and O–H groups in total. The SMILES string of the molecule is O=C([C@H]1CCCN(C2CCN(CCc3ccccc3)CC2)C1)N1CCC(CO)CC1. The molecule has 3 saturated heterocycles. The highest BCUT2D eigenvalue weighted by atomic mass is 16.3. The predicted octanol–water partition coefficient (Wildman–Crippen LogP) is 2.64. The summed E-state index contributed by atoms with van der Waals surface area (Å²) in [5.74, 6) is 0.945. The molecule has 0 aliphatic carbocycles. The van der Waals surface area contributed by atoms with Crippen molar-refractivity contribution in [2.75, 3.05) is 52.4 Å². The molecular formula is C25H39N3O2. The van der Waals surface area contributed by atoms with E-state index >= 15 is 0 Å². The van der Waals surface area contributed by atoms with Crippen LogP contribution >= 0.6 is 0 Å². The maximum Gasteiger partial charge on any atom is 0.226 e. The minimum Gasteiger partial charge on any atom is -0.396 e. The summed E-state index contributed by atoms with van der Waals surface area (Å²) in [6, 6.07) is 11.4. The quantitative estimate of drug-likeness (QED) is 0.779. The lowest BCUT2D eigenvalue weighted by molar-refractivity contribution is -0.139. The Bertz CT molecular complexity index is 652. The lowest BCUT2D eigenvalue weighted by Gasteiger charge is -2.43. The molecule has 3 aliphatic rings. The second-order valence-electron chi connectivity index (χ2n) is 9.59. The van der Waals surface area contributed by atoms with Gasteiger partial charge in [-0.15, -0.1) is 0 Å². The zero-order valence-electron chi connectivity index (χ0n) is 18.4. The first-order valence-electron chi connectivity index (χ1n) is 12.1. The maximum absolute atomic E-state index is 13.1. The molecule has 5 nitrogen and oxygen atoms in total. The van der Waals surface area contributed by atoms with Crippen molar-refractivity contribution < 1.29 is 9.90 Å². The summed E-state index contributed by atoms with van der Waals surface area (Å²) in [5, 5.41) is 9.34. The van der Waals surface area contributed by atoms with Crippen LogP contribution in [0.3, 0.4) is 0 Å². The Balaban J connectivity index is 1.21. The monoisotopic (exact) mass is 413 g/mol. The first-order valence-corrected chi connectivity index (χ1v) is 12.1. The third kappa shape index (κ3) is 5.63. The number of hydrogen-bond acceptors (Lipinski definition) is 4. The van der Waals surface area contributed by atoms with E-state index in [1.165, 1.54) is 31.5 Å². The number of aliphatic hydroxyl groups excluding tert-OH is 1. The van der Waals surface area contributed by atoms with Crippen molar-refractivity contribution >= 4 is 5.91 Å². The standard InChI is InChI=1S/C25H39N3O2/c29-20-22-9-17-27(18-10-22)25(30)23-7-4-13-28(19-23)24-11-15-26(16-12-24)14-8-21-5-2-1-3-6-21/h1-3,5-6,22-24,29H,4,7-20H2/t23-/m0/s1. The first kappa shape index (κ1) is 21.8. The largest absolute Gasteiger partial charge is 0.396 e. The smallest absolute Gasteiger partial charge is 0.226 e. The Morgan fingerprint density at radius 1 is 0.933 bits per heavy atom. The van der Waals surface area contributed by atoms with Crippen LogP contribution in [0.5, 0.6) is 0 Å². The molecule has 0 bridgehead atoms. The Labute approximate surface area is 182 Å². The van der Waals surface area contributed by atoms with Gasteiger partial charge in [-0.1, -0.05) is 30.3 Å². The van der Waals surface area contributed by atoms with Gasteiger partial charge in [0.25, 0.3) is 0 Å². The summed E-state index contributed by atoms with van der Waals surface area (Å²) in [6.45, 7) is 7.56. The molecular weight excluding hydrogens is 374 g/mol. The molecule has 3 fully saturated rings. The van der Waals surface area contributed by atoms with Crippen LogP contribution in [0.4, 0.5) is 0 Å². The van der Waals surface area contributed by atoms with Crippen molar-refractivity contribution in [3.05, 3.63) is 35.9 Å². The van der Waals surface area contributed by atoms with E-state index in [0.717, 1.165) is 64.8 Å². The lowest BCUT2D eigenvalue weighted by Crippen LogP contribution is -2.52. The third-order valence-corrected chi connectivity index (χ3v) is 7.62. The summed E-state index contributed by atoms with van der Waals surface area (Å²) >= 11 is 0. The summed E-state index contributed by atoms with van der Waals surface area (Å²) in [4.78, 5) is 20.4. The number of hydrogen-bond donors (Lipinski definition) is 1. The van der Waals surface area contributed by atoms with Crippen LogP contribution in [0.1, 0.15) is 44.1 Å². The van der Waals surface area contributed by atoms with Crippen LogP contribution in [0.2, 0.25) is 0 Å². The van der Waals surface area contributed by atoms with Gasteiger partial charge in [0.1, 0.15) is 0 Å². The Hall–Kier alpha value is -1.43. The number of benzene rings is 1. The van der Waals surface area contributed by atoms with Gasteiger partial charge in [0.2, 0.25) is 5.91 Å². The van der Waals surface area contributed by atoms with Gasteiger partial charge in [-0.25, -0.2) is 0 Å². The highest BCUT2D eigenvalue weighted by Crippen LogP contribution is 2.27. The molecule has 0 radical (unpaired) electrons. The van der Waals surface area contributed by atoms with Crippen molar-refractivity contribution in [1.29, 1.82) is 0 Å². The maximum atomic E-state index is 13.1. The van der Waals surface area contributed by atoms with Crippen LogP contribution in [0.15, 0.2) is 30.3 Å². The van der Waals surface area contributed by atoms with Gasteiger partial charge in [0, 0.05) is 38.8 Å². The highest BCUT2D eigenvalue weighted by Gasteiger charge is 2.34. The summed E-state index contributed by atoms with van der Waals surface area (Å²) in [6.07, 6.45) is 7.72. The molecule has 30 heavy (non-hydrogen) atoms. The number of carbonyl (C=O) groups is 1. The predicted molar refractivity (Wildman–Crippen MR) is 120 cm³/mol. The van der Waals surface area contributed by atoms with E-state index in [-0.39, 0.29) is 12.5 Å². The summed E-state index contributed by atoms with van der Waals surface area (Å²) < 4.78 is 0. The lowest BCUT2D eigenvalue weighted by atomic mass is 9.91. The molecule has 4 rings (SSSR count). The number of amides is 1. The van der Waals surface area contributed by atoms with Crippen LogP contribution in [-0.4, -0.2) is 84.2 Å². The third-order valence-electron chi connectivity index (χ3n) is 7.62. The first-order chi connectivity index (χ1) is 14.7. The van der Waals surface area contributed by atoms with E-state index in [9.17, 15) is 9.90 Å². The van der Waals surface area contributed by atoms with Crippen LogP contribution in [0.25, 0.3) is 0 Å².